The monoisotopic (exact) mass is 234 g/mol. The highest BCUT2D eigenvalue weighted by atomic mass is 19.4. The van der Waals surface area contributed by atoms with Crippen LogP contribution in [0.5, 0.6) is 0 Å². The van der Waals surface area contributed by atoms with E-state index in [9.17, 15) is 18.0 Å². The van der Waals surface area contributed by atoms with Gasteiger partial charge < -0.3 is 4.74 Å². The van der Waals surface area contributed by atoms with Crippen LogP contribution in [0.1, 0.15) is 32.1 Å². The molecule has 0 unspecified atom stereocenters. The Morgan fingerprint density at radius 3 is 2.25 bits per heavy atom. The normalized spacial score (nSPS) is 32.8. The van der Waals surface area contributed by atoms with Crippen LogP contribution in [-0.4, -0.2) is 17.7 Å². The third-order valence-corrected chi connectivity index (χ3v) is 3.57. The fourth-order valence-corrected chi connectivity index (χ4v) is 2.66. The lowest BCUT2D eigenvalue weighted by Gasteiger charge is -2.27. The second kappa shape index (κ2) is 3.50. The van der Waals surface area contributed by atoms with E-state index < -0.39 is 23.3 Å². The summed E-state index contributed by atoms with van der Waals surface area (Å²) in [5, 5.41) is 0. The lowest BCUT2D eigenvalue weighted by atomic mass is 9.97. The molecule has 0 spiro atoms. The van der Waals surface area contributed by atoms with Crippen LogP contribution in [0.15, 0.2) is 12.2 Å². The van der Waals surface area contributed by atoms with E-state index in [1.165, 1.54) is 0 Å². The molecule has 0 aromatic carbocycles. The molecule has 0 heterocycles. The maximum absolute atomic E-state index is 12.2. The summed E-state index contributed by atoms with van der Waals surface area (Å²) in [5.74, 6) is -0.790. The van der Waals surface area contributed by atoms with Gasteiger partial charge in [-0.2, -0.15) is 13.2 Å². The Hall–Kier alpha value is -1.00. The maximum atomic E-state index is 12.2. The number of fused-ring (bicyclic) bond motifs is 2. The summed E-state index contributed by atoms with van der Waals surface area (Å²) in [5.41, 5.74) is -2.03. The molecular formula is C11H13F3O2. The first-order valence-corrected chi connectivity index (χ1v) is 5.32. The summed E-state index contributed by atoms with van der Waals surface area (Å²) >= 11 is 0. The molecule has 0 aromatic heterocycles. The van der Waals surface area contributed by atoms with E-state index in [-0.39, 0.29) is 0 Å². The lowest BCUT2D eigenvalue weighted by Crippen LogP contribution is -2.33. The molecule has 0 N–H and O–H groups in total. The minimum Gasteiger partial charge on any atom is -0.455 e. The van der Waals surface area contributed by atoms with Crippen LogP contribution in [0.2, 0.25) is 0 Å². The van der Waals surface area contributed by atoms with Gasteiger partial charge in [0.05, 0.1) is 0 Å². The first-order valence-electron chi connectivity index (χ1n) is 5.32. The quantitative estimate of drug-likeness (QED) is 0.542. The van der Waals surface area contributed by atoms with Crippen molar-refractivity contribution in [1.29, 1.82) is 0 Å². The Morgan fingerprint density at radius 2 is 1.88 bits per heavy atom. The summed E-state index contributed by atoms with van der Waals surface area (Å²) in [7, 11) is 0. The fourth-order valence-electron chi connectivity index (χ4n) is 2.66. The summed E-state index contributed by atoms with van der Waals surface area (Å²) in [6, 6.07) is 0. The molecule has 2 saturated carbocycles. The number of ether oxygens (including phenoxy) is 1. The molecule has 0 atom stereocenters. The van der Waals surface area contributed by atoms with Crippen molar-refractivity contribution in [2.75, 3.05) is 0 Å². The van der Waals surface area contributed by atoms with E-state index in [2.05, 4.69) is 6.58 Å². The van der Waals surface area contributed by atoms with Crippen LogP contribution in [0.3, 0.4) is 0 Å². The smallest absolute Gasteiger partial charge is 0.422 e. The zero-order valence-corrected chi connectivity index (χ0v) is 8.77. The largest absolute Gasteiger partial charge is 0.455 e. The highest BCUT2D eigenvalue weighted by Crippen LogP contribution is 2.50. The third-order valence-electron chi connectivity index (χ3n) is 3.57. The molecule has 0 radical (unpaired) electrons. The number of hydrogen-bond acceptors (Lipinski definition) is 2. The Bertz CT molecular complexity index is 325. The minimum atomic E-state index is -4.69. The van der Waals surface area contributed by atoms with Crippen molar-refractivity contribution in [3.63, 3.8) is 0 Å². The average molecular weight is 234 g/mol. The van der Waals surface area contributed by atoms with Gasteiger partial charge >= 0.3 is 12.1 Å². The highest BCUT2D eigenvalue weighted by Gasteiger charge is 2.49. The third kappa shape index (κ3) is 1.95. The molecule has 2 rings (SSSR count). The standard InChI is InChI=1S/C11H13F3O2/c1-7(11(12,13)14)9(15)16-10-4-2-8(6-10)3-5-10/h8H,1-6H2. The van der Waals surface area contributed by atoms with Gasteiger partial charge in [0, 0.05) is 0 Å². The first-order chi connectivity index (χ1) is 7.32. The fraction of sp³-hybridized carbons (Fsp3) is 0.727. The second-order valence-electron chi connectivity index (χ2n) is 4.70. The summed E-state index contributed by atoms with van der Waals surface area (Å²) in [4.78, 5) is 11.3. The van der Waals surface area contributed by atoms with Gasteiger partial charge in [-0.15, -0.1) is 0 Å². The van der Waals surface area contributed by atoms with E-state index in [0.29, 0.717) is 25.2 Å². The molecule has 0 aliphatic heterocycles. The molecule has 5 heteroatoms. The number of esters is 1. The predicted molar refractivity (Wildman–Crippen MR) is 50.6 cm³/mol. The minimum absolute atomic E-state index is 0.520. The van der Waals surface area contributed by atoms with Crippen molar-refractivity contribution in [3.05, 3.63) is 12.2 Å². The lowest BCUT2D eigenvalue weighted by molar-refractivity contribution is -0.164. The number of alkyl halides is 3. The second-order valence-corrected chi connectivity index (χ2v) is 4.70. The van der Waals surface area contributed by atoms with E-state index in [1.54, 1.807) is 0 Å². The number of carbonyl (C=O) groups excluding carboxylic acids is 1. The van der Waals surface area contributed by atoms with Gasteiger partial charge in [0.15, 0.2) is 0 Å². The summed E-state index contributed by atoms with van der Waals surface area (Å²) < 4.78 is 41.7. The molecule has 90 valence electrons. The summed E-state index contributed by atoms with van der Waals surface area (Å²) in [6.45, 7) is 2.75. The molecule has 0 amide bonds. The molecule has 2 aliphatic rings. The molecule has 2 nitrogen and oxygen atoms in total. The van der Waals surface area contributed by atoms with Crippen molar-refractivity contribution < 1.29 is 22.7 Å². The van der Waals surface area contributed by atoms with Gasteiger partial charge in [-0.05, 0) is 38.0 Å². The zero-order valence-electron chi connectivity index (χ0n) is 8.77. The Labute approximate surface area is 91.5 Å². The molecule has 0 saturated heterocycles. The van der Waals surface area contributed by atoms with E-state index >= 15 is 0 Å². The van der Waals surface area contributed by atoms with Gasteiger partial charge in [-0.1, -0.05) is 6.58 Å². The zero-order chi connectivity index (χ0) is 12.0. The summed E-state index contributed by atoms with van der Waals surface area (Å²) in [6.07, 6.45) is -0.700. The van der Waals surface area contributed by atoms with Crippen LogP contribution < -0.4 is 0 Å². The predicted octanol–water partition coefficient (Wildman–Crippen LogP) is 2.98. The van der Waals surface area contributed by atoms with E-state index in [0.717, 1.165) is 12.8 Å². The van der Waals surface area contributed by atoms with Crippen molar-refractivity contribution in [1.82, 2.24) is 0 Å². The Kier molecular flexibility index (Phi) is 2.51. The van der Waals surface area contributed by atoms with Crippen LogP contribution in [-0.2, 0) is 9.53 Å². The van der Waals surface area contributed by atoms with Gasteiger partial charge in [0.2, 0.25) is 0 Å². The molecule has 2 fully saturated rings. The molecule has 2 aliphatic carbocycles. The molecule has 2 bridgehead atoms. The maximum Gasteiger partial charge on any atom is 0.422 e. The molecule has 0 aromatic rings. The SMILES string of the molecule is C=C(C(=O)OC12CCC(CC1)C2)C(F)(F)F. The highest BCUT2D eigenvalue weighted by molar-refractivity contribution is 5.89. The van der Waals surface area contributed by atoms with Gasteiger partial charge in [-0.25, -0.2) is 4.79 Å². The Morgan fingerprint density at radius 1 is 1.31 bits per heavy atom. The van der Waals surface area contributed by atoms with Crippen LogP contribution in [0, 0.1) is 5.92 Å². The molecular weight excluding hydrogens is 221 g/mol. The molecule has 16 heavy (non-hydrogen) atoms. The number of halogens is 3. The van der Waals surface area contributed by atoms with E-state index in [4.69, 9.17) is 4.74 Å². The average Bonchev–Trinajstić information content (AvgIpc) is 2.74. The van der Waals surface area contributed by atoms with Crippen molar-refractivity contribution in [2.24, 2.45) is 5.92 Å². The van der Waals surface area contributed by atoms with Crippen molar-refractivity contribution >= 4 is 5.97 Å². The van der Waals surface area contributed by atoms with E-state index in [1.807, 2.05) is 0 Å². The number of carbonyl (C=O) groups is 1. The van der Waals surface area contributed by atoms with Crippen LogP contribution in [0.4, 0.5) is 13.2 Å². The number of hydrogen-bond donors (Lipinski definition) is 0. The van der Waals surface area contributed by atoms with Gasteiger partial charge in [0.1, 0.15) is 11.2 Å². The number of rotatable bonds is 2. The Balaban J connectivity index is 2.00. The van der Waals surface area contributed by atoms with Crippen molar-refractivity contribution in [3.8, 4) is 0 Å². The topological polar surface area (TPSA) is 26.3 Å². The van der Waals surface area contributed by atoms with Crippen LogP contribution >= 0.6 is 0 Å². The first kappa shape index (κ1) is 11.5. The van der Waals surface area contributed by atoms with Crippen molar-refractivity contribution in [2.45, 2.75) is 43.9 Å². The van der Waals surface area contributed by atoms with Gasteiger partial charge in [0.25, 0.3) is 0 Å². The van der Waals surface area contributed by atoms with Crippen LogP contribution in [0.25, 0.3) is 0 Å². The van der Waals surface area contributed by atoms with Gasteiger partial charge in [-0.3, -0.25) is 0 Å².